The largest absolute Gasteiger partial charge is 0.349 e. The molecule has 3 aromatic rings. The summed E-state index contributed by atoms with van der Waals surface area (Å²) in [6, 6.07) is 11.5. The van der Waals surface area contributed by atoms with Crippen LogP contribution >= 0.6 is 11.6 Å². The van der Waals surface area contributed by atoms with E-state index in [0.29, 0.717) is 33.1 Å². The number of nitrogens with one attached hydrogen (secondary N) is 2. The van der Waals surface area contributed by atoms with Crippen molar-refractivity contribution in [1.82, 2.24) is 15.5 Å². The normalized spacial score (nSPS) is 19.5. The molecule has 0 amide bonds. The number of fused-ring (bicyclic) bond motifs is 1. The van der Waals surface area contributed by atoms with Crippen LogP contribution in [0.4, 0.5) is 4.39 Å². The van der Waals surface area contributed by atoms with Crippen molar-refractivity contribution in [3.05, 3.63) is 64.6 Å². The van der Waals surface area contributed by atoms with Gasteiger partial charge in [-0.25, -0.2) is 4.39 Å². The smallest absolute Gasteiger partial charge is 0.212 e. The SMILES string of the molecule is N#CC1(N)C=NC(c2ccc(F)cc2)=C(c2cc(Cl)c3[nH]ncc3c2)N1. The monoisotopic (exact) mass is 366 g/mol. The Labute approximate surface area is 152 Å². The van der Waals surface area contributed by atoms with Crippen molar-refractivity contribution >= 4 is 40.1 Å². The molecule has 6 nitrogen and oxygen atoms in total. The molecule has 1 aliphatic heterocycles. The summed E-state index contributed by atoms with van der Waals surface area (Å²) < 4.78 is 13.3. The number of nitrogens with zero attached hydrogens (tertiary/aromatic N) is 3. The van der Waals surface area contributed by atoms with E-state index in [1.165, 1.54) is 18.3 Å². The van der Waals surface area contributed by atoms with E-state index in [-0.39, 0.29) is 5.82 Å². The van der Waals surface area contributed by atoms with Crippen molar-refractivity contribution < 1.29 is 4.39 Å². The van der Waals surface area contributed by atoms with Gasteiger partial charge in [0.2, 0.25) is 5.66 Å². The van der Waals surface area contributed by atoms with Gasteiger partial charge in [0.25, 0.3) is 0 Å². The molecule has 4 rings (SSSR count). The van der Waals surface area contributed by atoms with Gasteiger partial charge in [-0.15, -0.1) is 0 Å². The number of halogens is 2. The van der Waals surface area contributed by atoms with Crippen molar-refractivity contribution in [1.29, 1.82) is 5.26 Å². The van der Waals surface area contributed by atoms with Gasteiger partial charge in [-0.1, -0.05) is 11.6 Å². The van der Waals surface area contributed by atoms with Crippen molar-refractivity contribution in [2.75, 3.05) is 0 Å². The van der Waals surface area contributed by atoms with Crippen LogP contribution in [0.3, 0.4) is 0 Å². The molecule has 4 N–H and O–H groups in total. The molecule has 0 saturated carbocycles. The Morgan fingerprint density at radius 1 is 1.19 bits per heavy atom. The van der Waals surface area contributed by atoms with Crippen molar-refractivity contribution in [3.63, 3.8) is 0 Å². The van der Waals surface area contributed by atoms with E-state index >= 15 is 0 Å². The van der Waals surface area contributed by atoms with Crippen LogP contribution in [-0.2, 0) is 0 Å². The molecule has 8 heteroatoms. The third-order valence-corrected chi connectivity index (χ3v) is 4.36. The summed E-state index contributed by atoms with van der Waals surface area (Å²) in [5.74, 6) is -0.350. The van der Waals surface area contributed by atoms with Crippen molar-refractivity contribution in [3.8, 4) is 6.07 Å². The first-order chi connectivity index (χ1) is 12.5. The van der Waals surface area contributed by atoms with Crippen LogP contribution in [-0.4, -0.2) is 22.1 Å². The van der Waals surface area contributed by atoms with Crippen LogP contribution in [0.2, 0.25) is 5.02 Å². The van der Waals surface area contributed by atoms with Gasteiger partial charge in [-0.2, -0.15) is 10.4 Å². The van der Waals surface area contributed by atoms with E-state index < -0.39 is 5.66 Å². The Morgan fingerprint density at radius 2 is 1.96 bits per heavy atom. The lowest BCUT2D eigenvalue weighted by molar-refractivity contribution is 0.627. The predicted octanol–water partition coefficient (Wildman–Crippen LogP) is 3.03. The van der Waals surface area contributed by atoms with Gasteiger partial charge in [0.1, 0.15) is 11.9 Å². The van der Waals surface area contributed by atoms with Crippen LogP contribution in [0.25, 0.3) is 22.3 Å². The lowest BCUT2D eigenvalue weighted by Crippen LogP contribution is -2.54. The maximum Gasteiger partial charge on any atom is 0.212 e. The molecule has 0 aliphatic carbocycles. The van der Waals surface area contributed by atoms with Crippen LogP contribution in [0, 0.1) is 17.1 Å². The molecule has 0 saturated heterocycles. The zero-order chi connectivity index (χ0) is 18.3. The summed E-state index contributed by atoms with van der Waals surface area (Å²) in [6.45, 7) is 0. The van der Waals surface area contributed by atoms with Gasteiger partial charge in [0.15, 0.2) is 0 Å². The standard InChI is InChI=1S/C18H12ClFN6/c19-14-6-11(5-12-7-24-26-15(12)14)17-16(10-1-3-13(20)4-2-10)23-9-18(22,8-21)25-17/h1-7,9,25H,22H2,(H,24,26). The average Bonchev–Trinajstić information content (AvgIpc) is 3.12. The highest BCUT2D eigenvalue weighted by molar-refractivity contribution is 6.35. The summed E-state index contributed by atoms with van der Waals surface area (Å²) in [5, 5.41) is 20.4. The molecule has 1 aromatic heterocycles. The number of rotatable bonds is 2. The van der Waals surface area contributed by atoms with E-state index in [4.69, 9.17) is 17.3 Å². The van der Waals surface area contributed by atoms with Crippen LogP contribution in [0.1, 0.15) is 11.1 Å². The topological polar surface area (TPSA) is 103 Å². The summed E-state index contributed by atoms with van der Waals surface area (Å²) in [5.41, 5.74) is 7.67. The lowest BCUT2D eigenvalue weighted by atomic mass is 10.0. The Hall–Kier alpha value is -3.21. The molecule has 1 atom stereocenters. The van der Waals surface area contributed by atoms with Gasteiger partial charge in [-0.3, -0.25) is 15.8 Å². The number of aromatic amines is 1. The molecule has 26 heavy (non-hydrogen) atoms. The number of aromatic nitrogens is 2. The molecule has 0 spiro atoms. The third-order valence-electron chi connectivity index (χ3n) is 4.06. The number of benzene rings is 2. The maximum absolute atomic E-state index is 13.3. The van der Waals surface area contributed by atoms with Crippen molar-refractivity contribution in [2.45, 2.75) is 5.66 Å². The molecule has 0 radical (unpaired) electrons. The number of nitriles is 1. The summed E-state index contributed by atoms with van der Waals surface area (Å²) in [7, 11) is 0. The van der Waals surface area contributed by atoms with E-state index in [1.807, 2.05) is 12.1 Å². The molecule has 0 bridgehead atoms. The summed E-state index contributed by atoms with van der Waals surface area (Å²) in [4.78, 5) is 4.36. The minimum absolute atomic E-state index is 0.350. The van der Waals surface area contributed by atoms with Gasteiger partial charge in [0, 0.05) is 16.5 Å². The lowest BCUT2D eigenvalue weighted by Gasteiger charge is -2.28. The molecule has 1 aliphatic rings. The Bertz CT molecular complexity index is 1110. The zero-order valence-corrected chi connectivity index (χ0v) is 14.0. The highest BCUT2D eigenvalue weighted by atomic mass is 35.5. The quantitative estimate of drug-likeness (QED) is 0.648. The second-order valence-electron chi connectivity index (χ2n) is 5.89. The number of nitrogens with two attached hydrogens (primary N) is 1. The van der Waals surface area contributed by atoms with E-state index in [2.05, 4.69) is 20.5 Å². The van der Waals surface area contributed by atoms with E-state index in [9.17, 15) is 9.65 Å². The summed E-state index contributed by atoms with van der Waals surface area (Å²) >= 11 is 6.34. The third kappa shape index (κ3) is 2.71. The molecule has 128 valence electrons. The molecule has 0 fully saturated rings. The first-order valence-electron chi connectivity index (χ1n) is 7.66. The Kier molecular flexibility index (Phi) is 3.72. The fourth-order valence-corrected chi connectivity index (χ4v) is 3.05. The number of aliphatic imine (C=N–C) groups is 1. The Balaban J connectivity index is 1.94. The first-order valence-corrected chi connectivity index (χ1v) is 8.04. The predicted molar refractivity (Wildman–Crippen MR) is 98.5 cm³/mol. The average molecular weight is 367 g/mol. The highest BCUT2D eigenvalue weighted by Crippen LogP contribution is 2.33. The number of hydrogen-bond donors (Lipinski definition) is 3. The van der Waals surface area contributed by atoms with E-state index in [1.54, 1.807) is 24.4 Å². The number of H-pyrrole nitrogens is 1. The Morgan fingerprint density at radius 3 is 2.69 bits per heavy atom. The zero-order valence-electron chi connectivity index (χ0n) is 13.3. The second kappa shape index (κ2) is 5.95. The first kappa shape index (κ1) is 16.3. The van der Waals surface area contributed by atoms with Crippen LogP contribution in [0.5, 0.6) is 0 Å². The fraction of sp³-hybridized carbons (Fsp3) is 0.0556. The van der Waals surface area contributed by atoms with Gasteiger partial charge in [0.05, 0.1) is 34.3 Å². The summed E-state index contributed by atoms with van der Waals surface area (Å²) in [6.07, 6.45) is 2.97. The van der Waals surface area contributed by atoms with Crippen LogP contribution < -0.4 is 11.1 Å². The molecule has 1 unspecified atom stereocenters. The molecule has 2 aromatic carbocycles. The highest BCUT2D eigenvalue weighted by Gasteiger charge is 2.29. The molecular weight excluding hydrogens is 355 g/mol. The van der Waals surface area contributed by atoms with Gasteiger partial charge in [-0.05, 0) is 36.4 Å². The fourth-order valence-electron chi connectivity index (χ4n) is 2.78. The molecular formula is C18H12ClFN6. The van der Waals surface area contributed by atoms with Crippen molar-refractivity contribution in [2.24, 2.45) is 10.7 Å². The molecule has 2 heterocycles. The number of hydrogen-bond acceptors (Lipinski definition) is 5. The maximum atomic E-state index is 13.3. The van der Waals surface area contributed by atoms with Crippen LogP contribution in [0.15, 0.2) is 47.6 Å². The minimum atomic E-state index is -1.46. The van der Waals surface area contributed by atoms with Gasteiger partial charge < -0.3 is 5.32 Å². The van der Waals surface area contributed by atoms with Gasteiger partial charge >= 0.3 is 0 Å². The minimum Gasteiger partial charge on any atom is -0.349 e. The second-order valence-corrected chi connectivity index (χ2v) is 6.29. The van der Waals surface area contributed by atoms with E-state index in [0.717, 1.165) is 5.39 Å².